The molecule has 0 fully saturated rings. The van der Waals surface area contributed by atoms with E-state index in [0.717, 1.165) is 17.0 Å². The highest BCUT2D eigenvalue weighted by atomic mass is 19.1. The first kappa shape index (κ1) is 13.4. The minimum atomic E-state index is -0.161. The number of aryl methyl sites for hydroxylation is 1. The molecule has 0 radical (unpaired) electrons. The Hall–Kier alpha value is -2.03. The molecule has 0 amide bonds. The van der Waals surface area contributed by atoms with E-state index < -0.39 is 0 Å². The van der Waals surface area contributed by atoms with Gasteiger partial charge in [-0.2, -0.15) is 0 Å². The summed E-state index contributed by atoms with van der Waals surface area (Å²) in [5, 5.41) is 3.25. The summed E-state index contributed by atoms with van der Waals surface area (Å²) in [6, 6.07) is 13.0. The molecule has 2 rings (SSSR count). The fourth-order valence-electron chi connectivity index (χ4n) is 1.79. The average Bonchev–Trinajstić information content (AvgIpc) is 2.42. The Morgan fingerprint density at radius 1 is 1.11 bits per heavy atom. The third-order valence-corrected chi connectivity index (χ3v) is 2.90. The van der Waals surface area contributed by atoms with Crippen LogP contribution in [0.2, 0.25) is 0 Å². The fourth-order valence-corrected chi connectivity index (χ4v) is 1.79. The zero-order valence-electron chi connectivity index (χ0n) is 11.2. The zero-order chi connectivity index (χ0) is 13.7. The summed E-state index contributed by atoms with van der Waals surface area (Å²) in [6.45, 7) is 4.98. The highest BCUT2D eigenvalue weighted by molar-refractivity contribution is 5.46. The van der Waals surface area contributed by atoms with Gasteiger partial charge in [0.25, 0.3) is 0 Å². The van der Waals surface area contributed by atoms with Crippen molar-refractivity contribution in [3.8, 4) is 5.75 Å². The number of halogens is 1. The zero-order valence-corrected chi connectivity index (χ0v) is 11.2. The number of hydrogen-bond donors (Lipinski definition) is 1. The summed E-state index contributed by atoms with van der Waals surface area (Å²) in [7, 11) is 0. The maximum absolute atomic E-state index is 13.4. The summed E-state index contributed by atoms with van der Waals surface area (Å²) in [5.41, 5.74) is 2.59. The molecule has 0 heterocycles. The SMILES string of the molecule is CCOc1ccc(NCc2ccc(C)c(F)c2)cc1. The Bertz CT molecular complexity index is 537. The van der Waals surface area contributed by atoms with Crippen LogP contribution in [0.15, 0.2) is 42.5 Å². The maximum Gasteiger partial charge on any atom is 0.126 e. The average molecular weight is 259 g/mol. The molecule has 100 valence electrons. The van der Waals surface area contributed by atoms with Crippen molar-refractivity contribution in [1.29, 1.82) is 0 Å². The predicted octanol–water partition coefficient (Wildman–Crippen LogP) is 4.14. The largest absolute Gasteiger partial charge is 0.494 e. The highest BCUT2D eigenvalue weighted by Crippen LogP contribution is 2.17. The van der Waals surface area contributed by atoms with E-state index in [1.165, 1.54) is 0 Å². The number of nitrogens with one attached hydrogen (secondary N) is 1. The van der Waals surface area contributed by atoms with Gasteiger partial charge in [-0.15, -0.1) is 0 Å². The molecule has 0 aliphatic heterocycles. The van der Waals surface area contributed by atoms with E-state index in [1.807, 2.05) is 37.3 Å². The van der Waals surface area contributed by atoms with E-state index in [1.54, 1.807) is 19.1 Å². The van der Waals surface area contributed by atoms with Gasteiger partial charge in [0, 0.05) is 12.2 Å². The van der Waals surface area contributed by atoms with E-state index >= 15 is 0 Å². The number of anilines is 1. The minimum absolute atomic E-state index is 0.161. The Balaban J connectivity index is 1.96. The maximum atomic E-state index is 13.4. The first-order valence-electron chi connectivity index (χ1n) is 6.41. The smallest absolute Gasteiger partial charge is 0.126 e. The lowest BCUT2D eigenvalue weighted by atomic mass is 10.1. The van der Waals surface area contributed by atoms with Crippen LogP contribution < -0.4 is 10.1 Å². The van der Waals surface area contributed by atoms with Crippen molar-refractivity contribution in [2.45, 2.75) is 20.4 Å². The topological polar surface area (TPSA) is 21.3 Å². The molecule has 0 unspecified atom stereocenters. The van der Waals surface area contributed by atoms with Gasteiger partial charge in [0.05, 0.1) is 6.61 Å². The molecule has 3 heteroatoms. The van der Waals surface area contributed by atoms with Crippen molar-refractivity contribution < 1.29 is 9.13 Å². The van der Waals surface area contributed by atoms with Crippen LogP contribution in [0, 0.1) is 12.7 Å². The van der Waals surface area contributed by atoms with Crippen LogP contribution in [0.1, 0.15) is 18.1 Å². The molecule has 0 atom stereocenters. The van der Waals surface area contributed by atoms with E-state index in [4.69, 9.17) is 4.74 Å². The Morgan fingerprint density at radius 2 is 1.84 bits per heavy atom. The van der Waals surface area contributed by atoms with Crippen molar-refractivity contribution in [3.63, 3.8) is 0 Å². The molecule has 0 aliphatic rings. The van der Waals surface area contributed by atoms with Crippen LogP contribution >= 0.6 is 0 Å². The van der Waals surface area contributed by atoms with Crippen LogP contribution in [0.4, 0.5) is 10.1 Å². The molecule has 0 saturated heterocycles. The lowest BCUT2D eigenvalue weighted by molar-refractivity contribution is 0.340. The van der Waals surface area contributed by atoms with Gasteiger partial charge in [0.1, 0.15) is 11.6 Å². The molecule has 0 bridgehead atoms. The molecule has 0 saturated carbocycles. The monoisotopic (exact) mass is 259 g/mol. The molecule has 2 nitrogen and oxygen atoms in total. The first-order valence-corrected chi connectivity index (χ1v) is 6.41. The third-order valence-electron chi connectivity index (χ3n) is 2.90. The number of rotatable bonds is 5. The Labute approximate surface area is 113 Å². The van der Waals surface area contributed by atoms with Crippen molar-refractivity contribution >= 4 is 5.69 Å². The summed E-state index contributed by atoms with van der Waals surface area (Å²) < 4.78 is 18.8. The van der Waals surface area contributed by atoms with Gasteiger partial charge in [0.2, 0.25) is 0 Å². The summed E-state index contributed by atoms with van der Waals surface area (Å²) in [4.78, 5) is 0. The number of ether oxygens (including phenoxy) is 1. The normalized spacial score (nSPS) is 10.3. The molecule has 2 aromatic carbocycles. The van der Waals surface area contributed by atoms with E-state index in [-0.39, 0.29) is 5.82 Å². The third kappa shape index (κ3) is 3.71. The number of benzene rings is 2. The van der Waals surface area contributed by atoms with Crippen LogP contribution in [-0.4, -0.2) is 6.61 Å². The van der Waals surface area contributed by atoms with Gasteiger partial charge in [-0.05, 0) is 55.3 Å². The van der Waals surface area contributed by atoms with Gasteiger partial charge < -0.3 is 10.1 Å². The van der Waals surface area contributed by atoms with Crippen molar-refractivity contribution in [1.82, 2.24) is 0 Å². The number of hydrogen-bond acceptors (Lipinski definition) is 2. The first-order chi connectivity index (χ1) is 9.19. The van der Waals surface area contributed by atoms with Crippen LogP contribution in [0.5, 0.6) is 5.75 Å². The second-order valence-electron chi connectivity index (χ2n) is 4.39. The minimum Gasteiger partial charge on any atom is -0.494 e. The molecular formula is C16H18FNO. The van der Waals surface area contributed by atoms with E-state index in [2.05, 4.69) is 5.32 Å². The molecular weight excluding hydrogens is 241 g/mol. The van der Waals surface area contributed by atoms with Crippen molar-refractivity contribution in [3.05, 3.63) is 59.4 Å². The lowest BCUT2D eigenvalue weighted by Gasteiger charge is -2.08. The second-order valence-corrected chi connectivity index (χ2v) is 4.39. The van der Waals surface area contributed by atoms with Crippen molar-refractivity contribution in [2.24, 2.45) is 0 Å². The molecule has 19 heavy (non-hydrogen) atoms. The van der Waals surface area contributed by atoms with Gasteiger partial charge >= 0.3 is 0 Å². The standard InChI is InChI=1S/C16H18FNO/c1-3-19-15-8-6-14(7-9-15)18-11-13-5-4-12(2)16(17)10-13/h4-10,18H,3,11H2,1-2H3. The molecule has 1 N–H and O–H groups in total. The molecule has 0 aliphatic carbocycles. The molecule has 0 spiro atoms. The summed E-state index contributed by atoms with van der Waals surface area (Å²) in [6.07, 6.45) is 0. The Kier molecular flexibility index (Phi) is 4.39. The van der Waals surface area contributed by atoms with Gasteiger partial charge in [-0.3, -0.25) is 0 Å². The fraction of sp³-hybridized carbons (Fsp3) is 0.250. The summed E-state index contributed by atoms with van der Waals surface area (Å²) in [5.74, 6) is 0.695. The molecule has 2 aromatic rings. The Morgan fingerprint density at radius 3 is 2.47 bits per heavy atom. The van der Waals surface area contributed by atoms with Crippen LogP contribution in [0.25, 0.3) is 0 Å². The van der Waals surface area contributed by atoms with Gasteiger partial charge in [-0.1, -0.05) is 12.1 Å². The second kappa shape index (κ2) is 6.23. The summed E-state index contributed by atoms with van der Waals surface area (Å²) >= 11 is 0. The van der Waals surface area contributed by atoms with Crippen molar-refractivity contribution in [2.75, 3.05) is 11.9 Å². The highest BCUT2D eigenvalue weighted by Gasteiger charge is 2.00. The van der Waals surface area contributed by atoms with Gasteiger partial charge in [0.15, 0.2) is 0 Å². The quantitative estimate of drug-likeness (QED) is 0.871. The van der Waals surface area contributed by atoms with Gasteiger partial charge in [-0.25, -0.2) is 4.39 Å². The van der Waals surface area contributed by atoms with E-state index in [9.17, 15) is 4.39 Å². The van der Waals surface area contributed by atoms with Crippen LogP contribution in [0.3, 0.4) is 0 Å². The van der Waals surface area contributed by atoms with Crippen LogP contribution in [-0.2, 0) is 6.54 Å². The lowest BCUT2D eigenvalue weighted by Crippen LogP contribution is -2.00. The predicted molar refractivity (Wildman–Crippen MR) is 76.1 cm³/mol. The molecule has 0 aromatic heterocycles. The van der Waals surface area contributed by atoms with E-state index in [0.29, 0.717) is 18.7 Å².